The van der Waals surface area contributed by atoms with Gasteiger partial charge in [-0.2, -0.15) is 5.10 Å². The summed E-state index contributed by atoms with van der Waals surface area (Å²) in [5.74, 6) is 0. The summed E-state index contributed by atoms with van der Waals surface area (Å²) >= 11 is 0. The number of benzene rings is 1. The van der Waals surface area contributed by atoms with E-state index >= 15 is 0 Å². The topological polar surface area (TPSA) is 38.0 Å². The minimum atomic E-state index is -0.328. The van der Waals surface area contributed by atoms with E-state index in [0.29, 0.717) is 12.5 Å². The van der Waals surface area contributed by atoms with Gasteiger partial charge in [-0.05, 0) is 44.7 Å². The van der Waals surface area contributed by atoms with Crippen molar-refractivity contribution in [1.29, 1.82) is 0 Å². The maximum absolute atomic E-state index is 10.2. The Hall–Kier alpha value is -1.61. The lowest BCUT2D eigenvalue weighted by molar-refractivity contribution is 0.163. The van der Waals surface area contributed by atoms with E-state index in [1.807, 2.05) is 16.9 Å². The Labute approximate surface area is 127 Å². The van der Waals surface area contributed by atoms with Crippen molar-refractivity contribution in [3.05, 3.63) is 53.3 Å². The van der Waals surface area contributed by atoms with Crippen molar-refractivity contribution >= 4 is 0 Å². The quantitative estimate of drug-likeness (QED) is 0.843. The number of aliphatic hydroxyl groups excluding tert-OH is 1. The number of rotatable bonds is 7. The standard InChI is InChI=1S/C18H26N2O/c1-4-15(3)20-11-10-17(19-20)13-18(21)9-8-16-7-5-6-14(2)12-16/h5-7,10-12,15,18,21H,4,8-9,13H2,1-3H3. The van der Waals surface area contributed by atoms with Gasteiger partial charge in [0.05, 0.1) is 11.8 Å². The first kappa shape index (κ1) is 15.8. The van der Waals surface area contributed by atoms with Crippen LogP contribution in [-0.4, -0.2) is 21.0 Å². The lowest BCUT2D eigenvalue weighted by Gasteiger charge is -2.10. The highest BCUT2D eigenvalue weighted by molar-refractivity contribution is 5.22. The molecule has 0 saturated carbocycles. The van der Waals surface area contributed by atoms with E-state index in [9.17, 15) is 5.11 Å². The lowest BCUT2D eigenvalue weighted by Crippen LogP contribution is -2.13. The summed E-state index contributed by atoms with van der Waals surface area (Å²) in [6.45, 7) is 6.41. The highest BCUT2D eigenvalue weighted by Crippen LogP contribution is 2.13. The molecule has 3 heteroatoms. The number of hydrogen-bond donors (Lipinski definition) is 1. The van der Waals surface area contributed by atoms with Gasteiger partial charge in [0.25, 0.3) is 0 Å². The Morgan fingerprint density at radius 1 is 1.29 bits per heavy atom. The first-order valence-electron chi connectivity index (χ1n) is 7.86. The summed E-state index contributed by atoms with van der Waals surface area (Å²) in [6.07, 6.45) is 5.07. The fraction of sp³-hybridized carbons (Fsp3) is 0.500. The molecule has 2 atom stereocenters. The fourth-order valence-electron chi connectivity index (χ4n) is 2.46. The highest BCUT2D eigenvalue weighted by atomic mass is 16.3. The summed E-state index contributed by atoms with van der Waals surface area (Å²) in [7, 11) is 0. The Balaban J connectivity index is 1.84. The molecule has 3 nitrogen and oxygen atoms in total. The van der Waals surface area contributed by atoms with Gasteiger partial charge in [0.2, 0.25) is 0 Å². The van der Waals surface area contributed by atoms with Crippen LogP contribution < -0.4 is 0 Å². The molecule has 0 aliphatic rings. The van der Waals surface area contributed by atoms with Crippen molar-refractivity contribution in [3.8, 4) is 0 Å². The smallest absolute Gasteiger partial charge is 0.0650 e. The van der Waals surface area contributed by atoms with Gasteiger partial charge in [0, 0.05) is 18.7 Å². The molecule has 1 heterocycles. The number of aryl methyl sites for hydroxylation is 2. The monoisotopic (exact) mass is 286 g/mol. The van der Waals surface area contributed by atoms with Gasteiger partial charge in [-0.25, -0.2) is 0 Å². The maximum atomic E-state index is 10.2. The molecule has 114 valence electrons. The van der Waals surface area contributed by atoms with Crippen molar-refractivity contribution in [2.24, 2.45) is 0 Å². The van der Waals surface area contributed by atoms with E-state index in [1.165, 1.54) is 11.1 Å². The number of aromatic nitrogens is 2. The van der Waals surface area contributed by atoms with Gasteiger partial charge in [-0.3, -0.25) is 4.68 Å². The van der Waals surface area contributed by atoms with Gasteiger partial charge < -0.3 is 5.11 Å². The van der Waals surface area contributed by atoms with Crippen LogP contribution in [-0.2, 0) is 12.8 Å². The molecule has 1 N–H and O–H groups in total. The number of aliphatic hydroxyl groups is 1. The molecule has 2 aromatic rings. The lowest BCUT2D eigenvalue weighted by atomic mass is 10.0. The Kier molecular flexibility index (Phi) is 5.57. The van der Waals surface area contributed by atoms with Crippen molar-refractivity contribution in [2.45, 2.75) is 58.6 Å². The third kappa shape index (κ3) is 4.71. The van der Waals surface area contributed by atoms with E-state index in [-0.39, 0.29) is 6.10 Å². The van der Waals surface area contributed by atoms with Crippen LogP contribution in [0, 0.1) is 6.92 Å². The summed E-state index contributed by atoms with van der Waals surface area (Å²) in [5.41, 5.74) is 3.54. The first-order chi connectivity index (χ1) is 10.1. The van der Waals surface area contributed by atoms with Crippen molar-refractivity contribution in [2.75, 3.05) is 0 Å². The summed E-state index contributed by atoms with van der Waals surface area (Å²) < 4.78 is 1.99. The van der Waals surface area contributed by atoms with E-state index in [1.54, 1.807) is 0 Å². The molecule has 0 aliphatic heterocycles. The zero-order valence-electron chi connectivity index (χ0n) is 13.3. The molecule has 1 aromatic carbocycles. The van der Waals surface area contributed by atoms with Crippen molar-refractivity contribution in [3.63, 3.8) is 0 Å². The largest absolute Gasteiger partial charge is 0.393 e. The molecule has 0 bridgehead atoms. The van der Waals surface area contributed by atoms with Crippen LogP contribution in [0.25, 0.3) is 0 Å². The average Bonchev–Trinajstić information content (AvgIpc) is 2.93. The second-order valence-electron chi connectivity index (χ2n) is 5.93. The molecule has 1 aromatic heterocycles. The molecule has 0 radical (unpaired) electrons. The fourth-order valence-corrected chi connectivity index (χ4v) is 2.46. The first-order valence-corrected chi connectivity index (χ1v) is 7.86. The second-order valence-corrected chi connectivity index (χ2v) is 5.93. The normalized spacial score (nSPS) is 14.1. The van der Waals surface area contributed by atoms with Crippen LogP contribution in [0.4, 0.5) is 0 Å². The van der Waals surface area contributed by atoms with Crippen LogP contribution in [0.3, 0.4) is 0 Å². The SMILES string of the molecule is CCC(C)n1ccc(CC(O)CCc2cccc(C)c2)n1. The Bertz CT molecular complexity index is 562. The number of hydrogen-bond acceptors (Lipinski definition) is 2. The molecule has 0 aliphatic carbocycles. The van der Waals surface area contributed by atoms with E-state index in [2.05, 4.69) is 50.1 Å². The molecule has 2 unspecified atom stereocenters. The maximum Gasteiger partial charge on any atom is 0.0650 e. The zero-order valence-corrected chi connectivity index (χ0v) is 13.3. The number of nitrogens with zero attached hydrogens (tertiary/aromatic N) is 2. The summed E-state index contributed by atoms with van der Waals surface area (Å²) in [5, 5.41) is 14.7. The Morgan fingerprint density at radius 2 is 2.10 bits per heavy atom. The third-order valence-corrected chi connectivity index (χ3v) is 4.00. The van der Waals surface area contributed by atoms with E-state index in [4.69, 9.17) is 0 Å². The molecular formula is C18H26N2O. The molecule has 21 heavy (non-hydrogen) atoms. The predicted molar refractivity (Wildman–Crippen MR) is 86.4 cm³/mol. The van der Waals surface area contributed by atoms with Gasteiger partial charge in [-0.15, -0.1) is 0 Å². The molecular weight excluding hydrogens is 260 g/mol. The summed E-state index contributed by atoms with van der Waals surface area (Å²) in [4.78, 5) is 0. The highest BCUT2D eigenvalue weighted by Gasteiger charge is 2.10. The van der Waals surface area contributed by atoms with Crippen molar-refractivity contribution < 1.29 is 5.11 Å². The molecule has 0 amide bonds. The van der Waals surface area contributed by atoms with Gasteiger partial charge >= 0.3 is 0 Å². The Morgan fingerprint density at radius 3 is 2.81 bits per heavy atom. The molecule has 2 rings (SSSR count). The minimum Gasteiger partial charge on any atom is -0.393 e. The molecule has 0 fully saturated rings. The van der Waals surface area contributed by atoms with Crippen LogP contribution in [0.2, 0.25) is 0 Å². The van der Waals surface area contributed by atoms with Gasteiger partial charge in [0.1, 0.15) is 0 Å². The zero-order chi connectivity index (χ0) is 15.2. The van der Waals surface area contributed by atoms with Crippen LogP contribution in [0.1, 0.15) is 49.6 Å². The van der Waals surface area contributed by atoms with Crippen molar-refractivity contribution in [1.82, 2.24) is 9.78 Å². The second kappa shape index (κ2) is 7.41. The van der Waals surface area contributed by atoms with Crippen LogP contribution in [0.15, 0.2) is 36.5 Å². The molecule has 0 saturated heterocycles. The van der Waals surface area contributed by atoms with Gasteiger partial charge in [0.15, 0.2) is 0 Å². The molecule has 0 spiro atoms. The van der Waals surface area contributed by atoms with E-state index in [0.717, 1.165) is 25.0 Å². The van der Waals surface area contributed by atoms with E-state index < -0.39 is 0 Å². The van der Waals surface area contributed by atoms with Crippen LogP contribution in [0.5, 0.6) is 0 Å². The van der Waals surface area contributed by atoms with Gasteiger partial charge in [-0.1, -0.05) is 36.8 Å². The van der Waals surface area contributed by atoms with Crippen LogP contribution >= 0.6 is 0 Å². The third-order valence-electron chi connectivity index (χ3n) is 4.00. The average molecular weight is 286 g/mol. The predicted octanol–water partition coefficient (Wildman–Crippen LogP) is 3.70. The summed E-state index contributed by atoms with van der Waals surface area (Å²) in [6, 6.07) is 10.9. The minimum absolute atomic E-state index is 0.328.